The van der Waals surface area contributed by atoms with E-state index >= 15 is 0 Å². The first-order valence-corrected chi connectivity index (χ1v) is 11.2. The summed E-state index contributed by atoms with van der Waals surface area (Å²) in [5, 5.41) is 3.19. The second kappa shape index (κ2) is 8.76. The molecule has 0 bridgehead atoms. The molecule has 8 nitrogen and oxygen atoms in total. The smallest absolute Gasteiger partial charge is 0.359 e. The van der Waals surface area contributed by atoms with E-state index in [2.05, 4.69) is 10.3 Å². The fourth-order valence-electron chi connectivity index (χ4n) is 4.73. The number of ether oxygens (including phenoxy) is 1. The Balaban J connectivity index is 1.73. The van der Waals surface area contributed by atoms with Gasteiger partial charge in [-0.15, -0.1) is 0 Å². The molecule has 0 radical (unpaired) electrons. The molecule has 1 N–H and O–H groups in total. The summed E-state index contributed by atoms with van der Waals surface area (Å²) in [5.74, 6) is -1.25. The van der Waals surface area contributed by atoms with Gasteiger partial charge in [0.15, 0.2) is 5.69 Å². The van der Waals surface area contributed by atoms with Gasteiger partial charge in [0, 0.05) is 12.6 Å². The lowest BCUT2D eigenvalue weighted by Gasteiger charge is -2.44. The minimum absolute atomic E-state index is 0.0259. The molecule has 32 heavy (non-hydrogen) atoms. The molecular formula is C24H30N4O4. The molecule has 1 aliphatic heterocycles. The highest BCUT2D eigenvalue weighted by Crippen LogP contribution is 2.32. The number of hydrogen-bond donors (Lipinski definition) is 1. The van der Waals surface area contributed by atoms with Gasteiger partial charge < -0.3 is 19.5 Å². The Labute approximate surface area is 187 Å². The predicted molar refractivity (Wildman–Crippen MR) is 118 cm³/mol. The van der Waals surface area contributed by atoms with Gasteiger partial charge in [0.25, 0.3) is 5.91 Å². The highest BCUT2D eigenvalue weighted by atomic mass is 16.5. The Morgan fingerprint density at radius 2 is 1.94 bits per heavy atom. The fourth-order valence-corrected chi connectivity index (χ4v) is 4.73. The maximum atomic E-state index is 13.7. The monoisotopic (exact) mass is 438 g/mol. The SMILES string of the molecule is COC(=O)c1ncn2c1C(=O)N(Cc1ccccc1C)[C@@](C)(C(=O)NC1CCCCC1)C2. The number of rotatable bonds is 5. The normalized spacial score (nSPS) is 21.2. The van der Waals surface area contributed by atoms with Crippen LogP contribution in [0, 0.1) is 6.92 Å². The van der Waals surface area contributed by atoms with E-state index < -0.39 is 17.4 Å². The second-order valence-corrected chi connectivity index (χ2v) is 8.96. The summed E-state index contributed by atoms with van der Waals surface area (Å²) in [4.78, 5) is 45.2. The van der Waals surface area contributed by atoms with Gasteiger partial charge in [0.2, 0.25) is 5.91 Å². The molecule has 0 saturated heterocycles. The minimum atomic E-state index is -1.13. The van der Waals surface area contributed by atoms with Crippen LogP contribution < -0.4 is 5.32 Å². The molecule has 2 heterocycles. The molecule has 1 fully saturated rings. The number of nitrogens with one attached hydrogen (secondary N) is 1. The number of carbonyl (C=O) groups is 3. The number of aromatic nitrogens is 2. The number of amides is 2. The first-order valence-electron chi connectivity index (χ1n) is 11.2. The van der Waals surface area contributed by atoms with E-state index in [1.165, 1.54) is 19.9 Å². The van der Waals surface area contributed by atoms with Gasteiger partial charge in [0.05, 0.1) is 20.0 Å². The van der Waals surface area contributed by atoms with Crippen LogP contribution >= 0.6 is 0 Å². The van der Waals surface area contributed by atoms with Crippen LogP contribution in [0.15, 0.2) is 30.6 Å². The van der Waals surface area contributed by atoms with Crippen molar-refractivity contribution in [1.82, 2.24) is 19.8 Å². The number of carbonyl (C=O) groups excluding carboxylic acids is 3. The van der Waals surface area contributed by atoms with E-state index in [4.69, 9.17) is 4.74 Å². The highest BCUT2D eigenvalue weighted by molar-refractivity contribution is 6.06. The molecule has 1 aromatic carbocycles. The van der Waals surface area contributed by atoms with Crippen molar-refractivity contribution >= 4 is 17.8 Å². The summed E-state index contributed by atoms with van der Waals surface area (Å²) in [6.45, 7) is 4.24. The zero-order valence-electron chi connectivity index (χ0n) is 18.9. The van der Waals surface area contributed by atoms with Crippen molar-refractivity contribution < 1.29 is 19.1 Å². The van der Waals surface area contributed by atoms with Crippen LogP contribution in [0.3, 0.4) is 0 Å². The van der Waals surface area contributed by atoms with E-state index in [-0.39, 0.29) is 36.4 Å². The standard InChI is InChI=1S/C24H30N4O4/c1-16-9-7-8-10-17(16)13-28-21(29)20-19(22(30)32-3)25-15-27(20)14-24(28,2)23(31)26-18-11-5-4-6-12-18/h7-10,15,18H,4-6,11-14H2,1-3H3,(H,26,31)/t24-/m1/s1. The number of hydrogen-bond acceptors (Lipinski definition) is 5. The molecule has 2 amide bonds. The van der Waals surface area contributed by atoms with Crippen molar-refractivity contribution in [3.8, 4) is 0 Å². The number of esters is 1. The Hall–Kier alpha value is -3.16. The van der Waals surface area contributed by atoms with E-state index in [1.54, 1.807) is 16.4 Å². The number of aryl methyl sites for hydroxylation is 1. The number of fused-ring (bicyclic) bond motifs is 1. The minimum Gasteiger partial charge on any atom is -0.464 e. The second-order valence-electron chi connectivity index (χ2n) is 8.96. The van der Waals surface area contributed by atoms with Crippen LogP contribution in [0.2, 0.25) is 0 Å². The largest absolute Gasteiger partial charge is 0.464 e. The number of imidazole rings is 1. The van der Waals surface area contributed by atoms with E-state index in [0.29, 0.717) is 0 Å². The van der Waals surface area contributed by atoms with Gasteiger partial charge >= 0.3 is 5.97 Å². The summed E-state index contributed by atoms with van der Waals surface area (Å²) in [5.41, 5.74) is 0.987. The molecule has 1 aromatic heterocycles. The van der Waals surface area contributed by atoms with Crippen LogP contribution in [0.25, 0.3) is 0 Å². The van der Waals surface area contributed by atoms with E-state index in [9.17, 15) is 14.4 Å². The Kier molecular flexibility index (Phi) is 6.04. The molecular weight excluding hydrogens is 408 g/mol. The van der Waals surface area contributed by atoms with Crippen molar-refractivity contribution in [2.45, 2.75) is 70.6 Å². The molecule has 170 valence electrons. The lowest BCUT2D eigenvalue weighted by atomic mass is 9.90. The van der Waals surface area contributed by atoms with Crippen LogP contribution in [-0.4, -0.2) is 50.9 Å². The molecule has 8 heteroatoms. The van der Waals surface area contributed by atoms with Crippen LogP contribution in [-0.2, 0) is 22.6 Å². The molecule has 1 saturated carbocycles. The van der Waals surface area contributed by atoms with E-state index in [0.717, 1.165) is 36.8 Å². The maximum absolute atomic E-state index is 13.7. The first kappa shape index (κ1) is 22.0. The Morgan fingerprint density at radius 3 is 2.62 bits per heavy atom. The summed E-state index contributed by atoms with van der Waals surface area (Å²) < 4.78 is 6.42. The summed E-state index contributed by atoms with van der Waals surface area (Å²) in [6.07, 6.45) is 6.74. The van der Waals surface area contributed by atoms with Gasteiger partial charge in [-0.3, -0.25) is 9.59 Å². The molecule has 1 atom stereocenters. The average Bonchev–Trinajstić information content (AvgIpc) is 3.21. The van der Waals surface area contributed by atoms with Crippen LogP contribution in [0.4, 0.5) is 0 Å². The predicted octanol–water partition coefficient (Wildman–Crippen LogP) is 2.84. The molecule has 2 aliphatic rings. The Bertz CT molecular complexity index is 1040. The van der Waals surface area contributed by atoms with Crippen molar-refractivity contribution in [3.63, 3.8) is 0 Å². The average molecular weight is 439 g/mol. The van der Waals surface area contributed by atoms with Gasteiger partial charge in [0.1, 0.15) is 11.2 Å². The van der Waals surface area contributed by atoms with Crippen molar-refractivity contribution in [2.75, 3.05) is 7.11 Å². The third-order valence-electron chi connectivity index (χ3n) is 6.76. The number of methoxy groups -OCH3 is 1. The third kappa shape index (κ3) is 3.89. The lowest BCUT2D eigenvalue weighted by Crippen LogP contribution is -2.64. The first-order chi connectivity index (χ1) is 15.3. The fraction of sp³-hybridized carbons (Fsp3) is 0.500. The van der Waals surface area contributed by atoms with E-state index in [1.807, 2.05) is 31.2 Å². The van der Waals surface area contributed by atoms with Gasteiger partial charge in [-0.25, -0.2) is 9.78 Å². The topological polar surface area (TPSA) is 93.5 Å². The summed E-state index contributed by atoms with van der Waals surface area (Å²) >= 11 is 0. The van der Waals surface area contributed by atoms with Crippen LogP contribution in [0.1, 0.15) is 71.1 Å². The Morgan fingerprint density at radius 1 is 1.22 bits per heavy atom. The van der Waals surface area contributed by atoms with Gasteiger partial charge in [-0.1, -0.05) is 43.5 Å². The van der Waals surface area contributed by atoms with Crippen LogP contribution in [0.5, 0.6) is 0 Å². The zero-order chi connectivity index (χ0) is 22.9. The summed E-state index contributed by atoms with van der Waals surface area (Å²) in [7, 11) is 1.26. The van der Waals surface area contributed by atoms with Gasteiger partial charge in [-0.2, -0.15) is 0 Å². The molecule has 1 aliphatic carbocycles. The third-order valence-corrected chi connectivity index (χ3v) is 6.76. The van der Waals surface area contributed by atoms with Crippen molar-refractivity contribution in [3.05, 3.63) is 53.1 Å². The molecule has 4 rings (SSSR count). The lowest BCUT2D eigenvalue weighted by molar-refractivity contribution is -0.134. The highest BCUT2D eigenvalue weighted by Gasteiger charge is 2.49. The zero-order valence-corrected chi connectivity index (χ0v) is 18.9. The summed E-state index contributed by atoms with van der Waals surface area (Å²) in [6, 6.07) is 7.91. The van der Waals surface area contributed by atoms with Gasteiger partial charge in [-0.05, 0) is 37.8 Å². The maximum Gasteiger partial charge on any atom is 0.359 e. The molecule has 2 aromatic rings. The molecule has 0 spiro atoms. The quantitative estimate of drug-likeness (QED) is 0.725. The van der Waals surface area contributed by atoms with Crippen molar-refractivity contribution in [2.24, 2.45) is 0 Å². The number of nitrogens with zero attached hydrogens (tertiary/aromatic N) is 3. The molecule has 0 unspecified atom stereocenters. The number of benzene rings is 1. The van der Waals surface area contributed by atoms with Crippen molar-refractivity contribution in [1.29, 1.82) is 0 Å².